The number of rotatable bonds is 16. The molecule has 0 spiro atoms. The minimum atomic E-state index is -1.29. The summed E-state index contributed by atoms with van der Waals surface area (Å²) in [7, 11) is 0. The molecule has 0 N–H and O–H groups in total. The fraction of sp³-hybridized carbons (Fsp3) is 0.900. The molecule has 0 aliphatic heterocycles. The van der Waals surface area contributed by atoms with Gasteiger partial charge in [-0.2, -0.15) is 0 Å². The topological polar surface area (TPSA) is 43.4 Å². The van der Waals surface area contributed by atoms with Gasteiger partial charge in [0.15, 0.2) is 0 Å². The monoisotopic (exact) mass is 362 g/mol. The van der Waals surface area contributed by atoms with E-state index >= 15 is 0 Å². The van der Waals surface area contributed by atoms with Gasteiger partial charge in [0.1, 0.15) is 12.3 Å². The molecule has 0 amide bonds. The van der Waals surface area contributed by atoms with Crippen molar-refractivity contribution in [3.63, 3.8) is 0 Å². The van der Waals surface area contributed by atoms with Crippen LogP contribution in [0.4, 0.5) is 8.78 Å². The molecule has 0 saturated heterocycles. The van der Waals surface area contributed by atoms with Crippen LogP contribution in [0.5, 0.6) is 0 Å². The van der Waals surface area contributed by atoms with Crippen molar-refractivity contribution in [2.24, 2.45) is 0 Å². The third kappa shape index (κ3) is 16.2. The SMILES string of the molecule is CCCCCCCC(F)CC(=O)OC(=O)CC(F)CCCCCCC. The highest BCUT2D eigenvalue weighted by molar-refractivity contribution is 5.85. The molecule has 0 aromatic carbocycles. The molecule has 2 atom stereocenters. The molecule has 0 rings (SSSR count). The van der Waals surface area contributed by atoms with E-state index in [9.17, 15) is 18.4 Å². The molecular formula is C20H36F2O3. The van der Waals surface area contributed by atoms with Gasteiger partial charge in [-0.3, -0.25) is 9.59 Å². The number of carbonyl (C=O) groups excluding carboxylic acids is 2. The predicted octanol–water partition coefficient (Wildman–Crippen LogP) is 6.23. The van der Waals surface area contributed by atoms with Crippen molar-refractivity contribution in [3.8, 4) is 0 Å². The number of carbonyl (C=O) groups is 2. The molecule has 0 saturated carbocycles. The lowest BCUT2D eigenvalue weighted by molar-refractivity contribution is -0.161. The Morgan fingerprint density at radius 2 is 1.04 bits per heavy atom. The van der Waals surface area contributed by atoms with Gasteiger partial charge in [0.25, 0.3) is 0 Å². The van der Waals surface area contributed by atoms with Crippen LogP contribution in [-0.2, 0) is 14.3 Å². The molecule has 0 radical (unpaired) electrons. The Balaban J connectivity index is 3.73. The van der Waals surface area contributed by atoms with E-state index < -0.39 is 37.1 Å². The maximum atomic E-state index is 13.7. The minimum absolute atomic E-state index is 0.302. The van der Waals surface area contributed by atoms with Gasteiger partial charge in [0.05, 0.1) is 12.8 Å². The van der Waals surface area contributed by atoms with Gasteiger partial charge in [-0.05, 0) is 12.8 Å². The zero-order valence-electron chi connectivity index (χ0n) is 16.0. The maximum absolute atomic E-state index is 13.7. The van der Waals surface area contributed by atoms with Gasteiger partial charge >= 0.3 is 11.9 Å². The molecule has 0 aliphatic rings. The second kappa shape index (κ2) is 16.5. The summed E-state index contributed by atoms with van der Waals surface area (Å²) in [5.41, 5.74) is 0. The average Bonchev–Trinajstić information content (AvgIpc) is 2.54. The Morgan fingerprint density at radius 1 is 0.680 bits per heavy atom. The summed E-state index contributed by atoms with van der Waals surface area (Å²) in [5, 5.41) is 0. The van der Waals surface area contributed by atoms with Gasteiger partial charge in [-0.25, -0.2) is 8.78 Å². The van der Waals surface area contributed by atoms with Gasteiger partial charge < -0.3 is 4.74 Å². The van der Waals surface area contributed by atoms with E-state index in [0.717, 1.165) is 64.2 Å². The van der Waals surface area contributed by atoms with Crippen LogP contribution >= 0.6 is 0 Å². The van der Waals surface area contributed by atoms with Crippen molar-refractivity contribution in [1.82, 2.24) is 0 Å². The van der Waals surface area contributed by atoms with Crippen molar-refractivity contribution in [1.29, 1.82) is 0 Å². The minimum Gasteiger partial charge on any atom is -0.393 e. The normalized spacial score (nSPS) is 13.4. The quantitative estimate of drug-likeness (QED) is 0.186. The van der Waals surface area contributed by atoms with Gasteiger partial charge in [-0.1, -0.05) is 78.1 Å². The van der Waals surface area contributed by atoms with Crippen molar-refractivity contribution in [2.45, 2.75) is 116 Å². The van der Waals surface area contributed by atoms with Crippen LogP contribution in [0.25, 0.3) is 0 Å². The zero-order chi connectivity index (χ0) is 18.9. The number of hydrogen-bond donors (Lipinski definition) is 0. The molecule has 0 aromatic heterocycles. The van der Waals surface area contributed by atoms with E-state index in [4.69, 9.17) is 0 Å². The van der Waals surface area contributed by atoms with Crippen molar-refractivity contribution in [2.75, 3.05) is 0 Å². The molecule has 3 nitrogen and oxygen atoms in total. The Hall–Kier alpha value is -1.00. The lowest BCUT2D eigenvalue weighted by Crippen LogP contribution is -2.19. The zero-order valence-corrected chi connectivity index (χ0v) is 16.0. The molecule has 25 heavy (non-hydrogen) atoms. The summed E-state index contributed by atoms with van der Waals surface area (Å²) < 4.78 is 31.8. The summed E-state index contributed by atoms with van der Waals surface area (Å²) in [6.07, 6.45) is 7.20. The van der Waals surface area contributed by atoms with Crippen molar-refractivity contribution in [3.05, 3.63) is 0 Å². The Morgan fingerprint density at radius 3 is 1.40 bits per heavy atom. The third-order valence-corrected chi connectivity index (χ3v) is 4.25. The molecule has 2 unspecified atom stereocenters. The molecular weight excluding hydrogens is 326 g/mol. The first kappa shape index (κ1) is 24.0. The predicted molar refractivity (Wildman–Crippen MR) is 96.9 cm³/mol. The summed E-state index contributed by atoms with van der Waals surface area (Å²) >= 11 is 0. The second-order valence-corrected chi connectivity index (χ2v) is 6.85. The number of ether oxygens (including phenoxy) is 1. The number of esters is 2. The first-order chi connectivity index (χ1) is 12.0. The molecule has 0 aromatic rings. The molecule has 0 fully saturated rings. The molecule has 0 aliphatic carbocycles. The molecule has 5 heteroatoms. The van der Waals surface area contributed by atoms with Crippen molar-refractivity contribution >= 4 is 11.9 Å². The Bertz CT molecular complexity index is 316. The highest BCUT2D eigenvalue weighted by atomic mass is 19.1. The van der Waals surface area contributed by atoms with Crippen LogP contribution in [0.15, 0.2) is 0 Å². The van der Waals surface area contributed by atoms with E-state index in [1.165, 1.54) is 0 Å². The number of hydrogen-bond acceptors (Lipinski definition) is 3. The lowest BCUT2D eigenvalue weighted by Gasteiger charge is -2.09. The van der Waals surface area contributed by atoms with Crippen LogP contribution in [0, 0.1) is 0 Å². The highest BCUT2D eigenvalue weighted by Crippen LogP contribution is 2.15. The first-order valence-corrected chi connectivity index (χ1v) is 10.0. The second-order valence-electron chi connectivity index (χ2n) is 6.85. The standard InChI is InChI=1S/C20H36F2O3/c1-3-5-7-9-11-13-17(21)15-19(23)25-20(24)16-18(22)14-12-10-8-6-4-2/h17-18H,3-16H2,1-2H3. The third-order valence-electron chi connectivity index (χ3n) is 4.25. The smallest absolute Gasteiger partial charge is 0.316 e. The van der Waals surface area contributed by atoms with Gasteiger partial charge in [-0.15, -0.1) is 0 Å². The van der Waals surface area contributed by atoms with Crippen LogP contribution in [-0.4, -0.2) is 24.3 Å². The summed E-state index contributed by atoms with van der Waals surface area (Å²) in [6.45, 7) is 4.22. The van der Waals surface area contributed by atoms with Gasteiger partial charge in [0, 0.05) is 0 Å². The van der Waals surface area contributed by atoms with E-state index in [0.29, 0.717) is 12.8 Å². The Kier molecular flexibility index (Phi) is 15.8. The first-order valence-electron chi connectivity index (χ1n) is 10.0. The van der Waals surface area contributed by atoms with E-state index in [-0.39, 0.29) is 0 Å². The largest absolute Gasteiger partial charge is 0.393 e. The fourth-order valence-electron chi connectivity index (χ4n) is 2.71. The van der Waals surface area contributed by atoms with E-state index in [2.05, 4.69) is 18.6 Å². The average molecular weight is 363 g/mol. The fourth-order valence-corrected chi connectivity index (χ4v) is 2.71. The molecule has 0 bridgehead atoms. The molecule has 0 heterocycles. The summed E-state index contributed by atoms with van der Waals surface area (Å²) in [5.74, 6) is -1.78. The van der Waals surface area contributed by atoms with E-state index in [1.54, 1.807) is 0 Å². The summed E-state index contributed by atoms with van der Waals surface area (Å²) in [6, 6.07) is 0. The van der Waals surface area contributed by atoms with Crippen LogP contribution in [0.2, 0.25) is 0 Å². The van der Waals surface area contributed by atoms with Gasteiger partial charge in [0.2, 0.25) is 0 Å². The molecule has 148 valence electrons. The number of unbranched alkanes of at least 4 members (excludes halogenated alkanes) is 8. The van der Waals surface area contributed by atoms with Crippen LogP contribution in [0.3, 0.4) is 0 Å². The lowest BCUT2D eigenvalue weighted by atomic mass is 10.1. The van der Waals surface area contributed by atoms with Crippen molar-refractivity contribution < 1.29 is 23.1 Å². The van der Waals surface area contributed by atoms with E-state index in [1.807, 2.05) is 0 Å². The number of halogens is 2. The summed E-state index contributed by atoms with van der Waals surface area (Å²) in [4.78, 5) is 23.0. The maximum Gasteiger partial charge on any atom is 0.316 e. The Labute approximate surface area is 151 Å². The van der Waals surface area contributed by atoms with Crippen LogP contribution in [0.1, 0.15) is 104 Å². The highest BCUT2D eigenvalue weighted by Gasteiger charge is 2.19. The van der Waals surface area contributed by atoms with Crippen LogP contribution < -0.4 is 0 Å². The number of alkyl halides is 2.